The summed E-state index contributed by atoms with van der Waals surface area (Å²) in [6, 6.07) is 8.54. The van der Waals surface area contributed by atoms with Crippen molar-refractivity contribution in [1.29, 1.82) is 5.26 Å². The molecule has 1 N–H and O–H groups in total. The first kappa shape index (κ1) is 13.8. The van der Waals surface area contributed by atoms with Crippen LogP contribution < -0.4 is 5.32 Å². The van der Waals surface area contributed by atoms with Crippen LogP contribution in [0.3, 0.4) is 0 Å². The molecule has 2 rings (SSSR count). The fourth-order valence-electron chi connectivity index (χ4n) is 2.03. The molecule has 0 saturated carbocycles. The van der Waals surface area contributed by atoms with E-state index in [-0.39, 0.29) is 11.9 Å². The third-order valence-electron chi connectivity index (χ3n) is 3.34. The zero-order valence-electron chi connectivity index (χ0n) is 11.7. The maximum atomic E-state index is 12.2. The Bertz CT molecular complexity index is 681. The van der Waals surface area contributed by atoms with Gasteiger partial charge in [-0.2, -0.15) is 10.4 Å². The first-order chi connectivity index (χ1) is 9.52. The second-order valence-corrected chi connectivity index (χ2v) is 4.70. The predicted molar refractivity (Wildman–Crippen MR) is 75.0 cm³/mol. The number of carbonyl (C=O) groups is 1. The van der Waals surface area contributed by atoms with Gasteiger partial charge in [-0.25, -0.2) is 0 Å². The Morgan fingerprint density at radius 1 is 1.50 bits per heavy atom. The van der Waals surface area contributed by atoms with E-state index < -0.39 is 0 Å². The number of hydrogen-bond donors (Lipinski definition) is 1. The molecule has 5 nitrogen and oxygen atoms in total. The summed E-state index contributed by atoms with van der Waals surface area (Å²) in [6.07, 6.45) is 1.76. The molecule has 1 unspecified atom stereocenters. The number of hydrogen-bond acceptors (Lipinski definition) is 3. The maximum Gasteiger partial charge on any atom is 0.251 e. The van der Waals surface area contributed by atoms with E-state index in [1.807, 2.05) is 27.0 Å². The van der Waals surface area contributed by atoms with Gasteiger partial charge in [-0.1, -0.05) is 6.07 Å². The van der Waals surface area contributed by atoms with Crippen molar-refractivity contribution >= 4 is 5.91 Å². The zero-order valence-corrected chi connectivity index (χ0v) is 11.7. The van der Waals surface area contributed by atoms with Crippen molar-refractivity contribution in [3.8, 4) is 6.07 Å². The number of rotatable bonds is 3. The molecule has 0 bridgehead atoms. The summed E-state index contributed by atoms with van der Waals surface area (Å²) in [5.41, 5.74) is 2.96. The van der Waals surface area contributed by atoms with Crippen LogP contribution >= 0.6 is 0 Å². The lowest BCUT2D eigenvalue weighted by molar-refractivity contribution is 0.0940. The molecule has 5 heteroatoms. The highest BCUT2D eigenvalue weighted by Crippen LogP contribution is 2.16. The van der Waals surface area contributed by atoms with E-state index in [0.717, 1.165) is 11.3 Å². The van der Waals surface area contributed by atoms with E-state index in [1.54, 1.807) is 35.1 Å². The van der Waals surface area contributed by atoms with Gasteiger partial charge in [0, 0.05) is 23.9 Å². The van der Waals surface area contributed by atoms with Crippen LogP contribution in [0.1, 0.15) is 40.1 Å². The standard InChI is InChI=1S/C15H16N4O/c1-10(14-9-17-19(3)11(14)2)18-15(20)13-6-4-5-12(7-13)8-16/h4-7,9-10H,1-3H3,(H,18,20). The molecule has 1 amide bonds. The van der Waals surface area contributed by atoms with Gasteiger partial charge in [-0.05, 0) is 32.0 Å². The first-order valence-corrected chi connectivity index (χ1v) is 6.32. The van der Waals surface area contributed by atoms with Crippen molar-refractivity contribution < 1.29 is 4.79 Å². The Morgan fingerprint density at radius 3 is 2.85 bits per heavy atom. The Hall–Kier alpha value is -2.61. The number of amides is 1. The molecule has 1 heterocycles. The summed E-state index contributed by atoms with van der Waals surface area (Å²) < 4.78 is 1.77. The molecule has 2 aromatic rings. The van der Waals surface area contributed by atoms with Crippen LogP contribution in [0.25, 0.3) is 0 Å². The number of nitrogens with zero attached hydrogens (tertiary/aromatic N) is 3. The Kier molecular flexibility index (Phi) is 3.85. The Labute approximate surface area is 117 Å². The highest BCUT2D eigenvalue weighted by Gasteiger charge is 2.15. The van der Waals surface area contributed by atoms with Crippen molar-refractivity contribution in [2.45, 2.75) is 19.9 Å². The van der Waals surface area contributed by atoms with Gasteiger partial charge in [-0.15, -0.1) is 0 Å². The van der Waals surface area contributed by atoms with Crippen molar-refractivity contribution in [2.24, 2.45) is 7.05 Å². The molecule has 0 aliphatic rings. The second kappa shape index (κ2) is 5.57. The number of aromatic nitrogens is 2. The number of aryl methyl sites for hydroxylation is 1. The van der Waals surface area contributed by atoms with Crippen LogP contribution in [-0.2, 0) is 7.05 Å². The molecule has 102 valence electrons. The zero-order chi connectivity index (χ0) is 14.7. The number of nitrogens with one attached hydrogen (secondary N) is 1. The molecule has 0 saturated heterocycles. The van der Waals surface area contributed by atoms with E-state index in [4.69, 9.17) is 5.26 Å². The van der Waals surface area contributed by atoms with Crippen LogP contribution in [0.15, 0.2) is 30.5 Å². The molecule has 0 fully saturated rings. The van der Waals surface area contributed by atoms with Gasteiger partial charge in [0.25, 0.3) is 5.91 Å². The quantitative estimate of drug-likeness (QED) is 0.926. The van der Waals surface area contributed by atoms with E-state index >= 15 is 0 Å². The summed E-state index contributed by atoms with van der Waals surface area (Å²) in [5.74, 6) is -0.196. The number of benzene rings is 1. The lowest BCUT2D eigenvalue weighted by Gasteiger charge is -2.13. The molecule has 20 heavy (non-hydrogen) atoms. The van der Waals surface area contributed by atoms with Crippen LogP contribution in [0, 0.1) is 18.3 Å². The summed E-state index contributed by atoms with van der Waals surface area (Å²) in [5, 5.41) is 15.9. The summed E-state index contributed by atoms with van der Waals surface area (Å²) in [7, 11) is 1.86. The normalized spacial score (nSPS) is 11.7. The van der Waals surface area contributed by atoms with Gasteiger partial charge in [0.2, 0.25) is 0 Å². The molecule has 0 aliphatic carbocycles. The minimum absolute atomic E-state index is 0.137. The SMILES string of the molecule is Cc1c(C(C)NC(=O)c2cccc(C#N)c2)cnn1C. The van der Waals surface area contributed by atoms with Crippen molar-refractivity contribution in [3.05, 3.63) is 52.8 Å². The lowest BCUT2D eigenvalue weighted by Crippen LogP contribution is -2.27. The topological polar surface area (TPSA) is 70.7 Å². The molecule has 1 aromatic heterocycles. The second-order valence-electron chi connectivity index (χ2n) is 4.70. The fourth-order valence-corrected chi connectivity index (χ4v) is 2.03. The Morgan fingerprint density at radius 2 is 2.25 bits per heavy atom. The van der Waals surface area contributed by atoms with Gasteiger partial charge in [0.15, 0.2) is 0 Å². The van der Waals surface area contributed by atoms with Gasteiger partial charge in [0.1, 0.15) is 0 Å². The van der Waals surface area contributed by atoms with Crippen LogP contribution in [0.2, 0.25) is 0 Å². The van der Waals surface area contributed by atoms with Crippen LogP contribution in [-0.4, -0.2) is 15.7 Å². The van der Waals surface area contributed by atoms with Crippen molar-refractivity contribution in [2.75, 3.05) is 0 Å². The summed E-state index contributed by atoms with van der Waals surface area (Å²) in [6.45, 7) is 3.87. The highest BCUT2D eigenvalue weighted by molar-refractivity contribution is 5.94. The number of carbonyl (C=O) groups excluding carboxylic acids is 1. The third kappa shape index (κ3) is 2.69. The maximum absolute atomic E-state index is 12.2. The van der Waals surface area contributed by atoms with Gasteiger partial charge in [-0.3, -0.25) is 9.48 Å². The van der Waals surface area contributed by atoms with E-state index in [2.05, 4.69) is 10.4 Å². The average molecular weight is 268 g/mol. The summed E-state index contributed by atoms with van der Waals surface area (Å²) in [4.78, 5) is 12.2. The van der Waals surface area contributed by atoms with Gasteiger partial charge < -0.3 is 5.32 Å². The third-order valence-corrected chi connectivity index (χ3v) is 3.34. The van der Waals surface area contributed by atoms with Crippen LogP contribution in [0.4, 0.5) is 0 Å². The molecule has 1 aromatic carbocycles. The molecular weight excluding hydrogens is 252 g/mol. The van der Waals surface area contributed by atoms with E-state index in [1.165, 1.54) is 0 Å². The predicted octanol–water partition coefficient (Wildman–Crippen LogP) is 2.09. The van der Waals surface area contributed by atoms with Gasteiger partial charge in [0.05, 0.1) is 23.9 Å². The lowest BCUT2D eigenvalue weighted by atomic mass is 10.1. The summed E-state index contributed by atoms with van der Waals surface area (Å²) >= 11 is 0. The molecule has 0 radical (unpaired) electrons. The monoisotopic (exact) mass is 268 g/mol. The first-order valence-electron chi connectivity index (χ1n) is 6.32. The smallest absolute Gasteiger partial charge is 0.251 e. The Balaban J connectivity index is 2.15. The van der Waals surface area contributed by atoms with Crippen molar-refractivity contribution in [3.63, 3.8) is 0 Å². The molecule has 0 aliphatic heterocycles. The van der Waals surface area contributed by atoms with E-state index in [9.17, 15) is 4.79 Å². The van der Waals surface area contributed by atoms with E-state index in [0.29, 0.717) is 11.1 Å². The molecule has 0 spiro atoms. The largest absolute Gasteiger partial charge is 0.345 e. The average Bonchev–Trinajstić information content (AvgIpc) is 2.79. The fraction of sp³-hybridized carbons (Fsp3) is 0.267. The highest BCUT2D eigenvalue weighted by atomic mass is 16.1. The van der Waals surface area contributed by atoms with Crippen molar-refractivity contribution in [1.82, 2.24) is 15.1 Å². The van der Waals surface area contributed by atoms with Crippen LogP contribution in [0.5, 0.6) is 0 Å². The van der Waals surface area contributed by atoms with Gasteiger partial charge >= 0.3 is 0 Å². The molecule has 1 atom stereocenters. The molecular formula is C15H16N4O. The minimum atomic E-state index is -0.196. The minimum Gasteiger partial charge on any atom is -0.345 e. The number of nitriles is 1.